The fourth-order valence-electron chi connectivity index (χ4n) is 3.47. The molecule has 1 saturated heterocycles. The van der Waals surface area contributed by atoms with Gasteiger partial charge in [-0.25, -0.2) is 0 Å². The third-order valence-corrected chi connectivity index (χ3v) is 5.74. The molecule has 2 aromatic carbocycles. The van der Waals surface area contributed by atoms with Crippen molar-refractivity contribution < 1.29 is 4.79 Å². The van der Waals surface area contributed by atoms with E-state index in [4.69, 9.17) is 34.8 Å². The fraction of sp³-hybridized carbons (Fsp3) is 0.381. The Morgan fingerprint density at radius 1 is 1.04 bits per heavy atom. The maximum atomic E-state index is 12.6. The number of nitrogens with zero attached hydrogens (tertiary/aromatic N) is 2. The third-order valence-electron chi connectivity index (χ3n) is 4.95. The molecule has 1 aliphatic heterocycles. The first-order valence-corrected chi connectivity index (χ1v) is 10.4. The molecular weight excluding hydrogens is 403 g/mol. The largest absolute Gasteiger partial charge is 0.360 e. The van der Waals surface area contributed by atoms with Gasteiger partial charge < -0.3 is 9.80 Å². The topological polar surface area (TPSA) is 23.6 Å². The average molecular weight is 426 g/mol. The molecule has 1 amide bonds. The minimum Gasteiger partial charge on any atom is -0.360 e. The molecule has 144 valence electrons. The molecule has 0 aliphatic carbocycles. The van der Waals surface area contributed by atoms with Crippen LogP contribution in [0.5, 0.6) is 0 Å². The van der Waals surface area contributed by atoms with Crippen LogP contribution in [0.4, 0.5) is 5.69 Å². The van der Waals surface area contributed by atoms with Crippen LogP contribution in [0, 0.1) is 0 Å². The van der Waals surface area contributed by atoms with Crippen molar-refractivity contribution in [2.24, 2.45) is 0 Å². The van der Waals surface area contributed by atoms with Gasteiger partial charge in [0, 0.05) is 36.1 Å². The monoisotopic (exact) mass is 424 g/mol. The van der Waals surface area contributed by atoms with Gasteiger partial charge in [-0.1, -0.05) is 60.3 Å². The van der Waals surface area contributed by atoms with Crippen LogP contribution in [0.2, 0.25) is 15.1 Å². The second kappa shape index (κ2) is 9.18. The van der Waals surface area contributed by atoms with Crippen molar-refractivity contribution in [3.05, 3.63) is 63.1 Å². The van der Waals surface area contributed by atoms with Gasteiger partial charge in [0.25, 0.3) is 0 Å². The van der Waals surface area contributed by atoms with Gasteiger partial charge in [0.05, 0.1) is 16.8 Å². The Morgan fingerprint density at radius 2 is 1.74 bits per heavy atom. The quantitative estimate of drug-likeness (QED) is 0.567. The second-order valence-corrected chi connectivity index (χ2v) is 8.08. The molecular formula is C21H23Cl3N2O. The zero-order valence-electron chi connectivity index (χ0n) is 15.3. The number of benzene rings is 2. The van der Waals surface area contributed by atoms with Crippen LogP contribution in [-0.2, 0) is 4.79 Å². The van der Waals surface area contributed by atoms with Crippen LogP contribution in [-0.4, -0.2) is 30.4 Å². The van der Waals surface area contributed by atoms with E-state index < -0.39 is 0 Å². The predicted molar refractivity (Wildman–Crippen MR) is 114 cm³/mol. The van der Waals surface area contributed by atoms with Gasteiger partial charge in [-0.05, 0) is 42.3 Å². The normalized spacial score (nSPS) is 17.3. The standard InChI is InChI=1S/C21H23Cl3N2O/c1-2-3-4-21(27)25-11-12-26(19-10-9-17(23)13-18(19)24)20(14-25)15-5-7-16(22)8-6-15/h5-10,13,20H,2-4,11-12,14H2,1H3/t20-/m0/s1. The van der Waals surface area contributed by atoms with E-state index in [0.29, 0.717) is 41.1 Å². The summed E-state index contributed by atoms with van der Waals surface area (Å²) >= 11 is 18.6. The van der Waals surface area contributed by atoms with E-state index in [1.54, 1.807) is 6.07 Å². The van der Waals surface area contributed by atoms with Crippen LogP contribution in [0.1, 0.15) is 37.8 Å². The fourth-order valence-corrected chi connectivity index (χ4v) is 4.11. The number of piperazine rings is 1. The molecule has 0 aromatic heterocycles. The van der Waals surface area contributed by atoms with Gasteiger partial charge in [0.2, 0.25) is 5.91 Å². The number of anilines is 1. The van der Waals surface area contributed by atoms with Crippen molar-refractivity contribution in [2.45, 2.75) is 32.2 Å². The Balaban J connectivity index is 1.90. The van der Waals surface area contributed by atoms with Crippen molar-refractivity contribution in [3.8, 4) is 0 Å². The Morgan fingerprint density at radius 3 is 2.41 bits per heavy atom. The van der Waals surface area contributed by atoms with E-state index in [0.717, 1.165) is 24.1 Å². The maximum absolute atomic E-state index is 12.6. The van der Waals surface area contributed by atoms with Crippen LogP contribution in [0.15, 0.2) is 42.5 Å². The van der Waals surface area contributed by atoms with Crippen molar-refractivity contribution >= 4 is 46.4 Å². The third kappa shape index (κ3) is 4.90. The van der Waals surface area contributed by atoms with Crippen molar-refractivity contribution in [3.63, 3.8) is 0 Å². The number of hydrogen-bond donors (Lipinski definition) is 0. The van der Waals surface area contributed by atoms with Crippen LogP contribution in [0.3, 0.4) is 0 Å². The number of carbonyl (C=O) groups is 1. The minimum atomic E-state index is 0.0141. The van der Waals surface area contributed by atoms with E-state index in [1.165, 1.54) is 0 Å². The molecule has 0 N–H and O–H groups in total. The smallest absolute Gasteiger partial charge is 0.222 e. The zero-order valence-corrected chi connectivity index (χ0v) is 17.6. The van der Waals surface area contributed by atoms with E-state index in [9.17, 15) is 4.79 Å². The van der Waals surface area contributed by atoms with Gasteiger partial charge in [-0.3, -0.25) is 4.79 Å². The predicted octanol–water partition coefficient (Wildman–Crippen LogP) is 6.23. The molecule has 27 heavy (non-hydrogen) atoms. The molecule has 6 heteroatoms. The second-order valence-electron chi connectivity index (χ2n) is 6.80. The zero-order chi connectivity index (χ0) is 19.4. The summed E-state index contributed by atoms with van der Waals surface area (Å²) in [5.74, 6) is 0.220. The minimum absolute atomic E-state index is 0.0141. The molecule has 1 fully saturated rings. The van der Waals surface area contributed by atoms with Crippen LogP contribution in [0.25, 0.3) is 0 Å². The highest BCUT2D eigenvalue weighted by atomic mass is 35.5. The first kappa shape index (κ1) is 20.3. The van der Waals surface area contributed by atoms with Crippen LogP contribution < -0.4 is 4.90 Å². The highest BCUT2D eigenvalue weighted by Crippen LogP contribution is 2.37. The first-order chi connectivity index (χ1) is 13.0. The molecule has 1 aliphatic rings. The number of hydrogen-bond acceptors (Lipinski definition) is 2. The summed E-state index contributed by atoms with van der Waals surface area (Å²) in [5.41, 5.74) is 2.04. The molecule has 0 spiro atoms. The SMILES string of the molecule is CCCCC(=O)N1CCN(c2ccc(Cl)cc2Cl)[C@H](c2ccc(Cl)cc2)C1. The molecule has 0 bridgehead atoms. The lowest BCUT2D eigenvalue weighted by Gasteiger charge is -2.43. The molecule has 0 unspecified atom stereocenters. The number of carbonyl (C=O) groups excluding carboxylic acids is 1. The van der Waals surface area contributed by atoms with E-state index in [2.05, 4.69) is 11.8 Å². The number of halogens is 3. The number of amides is 1. The van der Waals surface area contributed by atoms with Gasteiger partial charge in [0.1, 0.15) is 0 Å². The lowest BCUT2D eigenvalue weighted by molar-refractivity contribution is -0.132. The summed E-state index contributed by atoms with van der Waals surface area (Å²) in [7, 11) is 0. The van der Waals surface area contributed by atoms with E-state index in [-0.39, 0.29) is 11.9 Å². The number of unbranched alkanes of at least 4 members (excludes halogenated alkanes) is 1. The van der Waals surface area contributed by atoms with Crippen molar-refractivity contribution in [2.75, 3.05) is 24.5 Å². The highest BCUT2D eigenvalue weighted by Gasteiger charge is 2.31. The molecule has 1 heterocycles. The molecule has 3 rings (SSSR count). The molecule has 0 saturated carbocycles. The van der Waals surface area contributed by atoms with Gasteiger partial charge in [-0.15, -0.1) is 0 Å². The van der Waals surface area contributed by atoms with Crippen LogP contribution >= 0.6 is 34.8 Å². The Labute approximate surface area is 175 Å². The average Bonchev–Trinajstić information content (AvgIpc) is 2.66. The molecule has 2 aromatic rings. The van der Waals surface area contributed by atoms with Gasteiger partial charge in [0.15, 0.2) is 0 Å². The summed E-state index contributed by atoms with van der Waals surface area (Å²) in [4.78, 5) is 16.8. The van der Waals surface area contributed by atoms with Crippen molar-refractivity contribution in [1.82, 2.24) is 4.90 Å². The molecule has 1 atom stereocenters. The molecule has 3 nitrogen and oxygen atoms in total. The van der Waals surface area contributed by atoms with Crippen molar-refractivity contribution in [1.29, 1.82) is 0 Å². The summed E-state index contributed by atoms with van der Waals surface area (Å²) in [6, 6.07) is 13.4. The van der Waals surface area contributed by atoms with Gasteiger partial charge >= 0.3 is 0 Å². The Hall–Kier alpha value is -1.42. The lowest BCUT2D eigenvalue weighted by Crippen LogP contribution is -2.50. The van der Waals surface area contributed by atoms with E-state index in [1.807, 2.05) is 41.3 Å². The number of rotatable bonds is 5. The highest BCUT2D eigenvalue weighted by molar-refractivity contribution is 6.36. The van der Waals surface area contributed by atoms with Gasteiger partial charge in [-0.2, -0.15) is 0 Å². The summed E-state index contributed by atoms with van der Waals surface area (Å²) in [6.07, 6.45) is 2.55. The van der Waals surface area contributed by atoms with E-state index >= 15 is 0 Å². The lowest BCUT2D eigenvalue weighted by atomic mass is 10.0. The summed E-state index contributed by atoms with van der Waals surface area (Å²) in [6.45, 7) is 4.13. The summed E-state index contributed by atoms with van der Waals surface area (Å²) in [5, 5.41) is 1.92. The first-order valence-electron chi connectivity index (χ1n) is 9.24. The molecule has 0 radical (unpaired) electrons. The maximum Gasteiger partial charge on any atom is 0.222 e. The summed E-state index contributed by atoms with van der Waals surface area (Å²) < 4.78 is 0. The Kier molecular flexibility index (Phi) is 6.91. The Bertz CT molecular complexity index is 795.